The summed E-state index contributed by atoms with van der Waals surface area (Å²) in [6.07, 6.45) is 8.64. The van der Waals surface area contributed by atoms with Crippen LogP contribution in [-0.2, 0) is 13.0 Å². The molecule has 0 radical (unpaired) electrons. The Morgan fingerprint density at radius 1 is 1.25 bits per heavy atom. The van der Waals surface area contributed by atoms with E-state index in [0.717, 1.165) is 25.1 Å². The first-order valence-electron chi connectivity index (χ1n) is 10.8. The van der Waals surface area contributed by atoms with E-state index in [1.54, 1.807) is 6.07 Å². The van der Waals surface area contributed by atoms with Gasteiger partial charge in [-0.2, -0.15) is 14.4 Å². The molecule has 1 saturated heterocycles. The number of nitrogen functional groups attached to an aromatic ring is 1. The molecule has 0 saturated carbocycles. The van der Waals surface area contributed by atoms with Gasteiger partial charge in [-0.15, -0.1) is 6.42 Å². The number of aryl methyl sites for hydroxylation is 1. The van der Waals surface area contributed by atoms with Gasteiger partial charge in [-0.05, 0) is 50.4 Å². The SMILES string of the molecule is C#Cc1cc2c(cc1Cc1nc3c(N)nc(F)nc3n1CCC1CCCN(C)C1)OCO2. The lowest BCUT2D eigenvalue weighted by Gasteiger charge is -2.29. The maximum atomic E-state index is 14.0. The molecule has 8 nitrogen and oxygen atoms in total. The van der Waals surface area contributed by atoms with Crippen LogP contribution in [0.2, 0.25) is 0 Å². The molecule has 1 atom stereocenters. The van der Waals surface area contributed by atoms with Gasteiger partial charge in [0.1, 0.15) is 5.82 Å². The number of nitrogens with two attached hydrogens (primary N) is 1. The van der Waals surface area contributed by atoms with Gasteiger partial charge in [-0.3, -0.25) is 0 Å². The smallest absolute Gasteiger partial charge is 0.312 e. The standard InChI is InChI=1S/C23H25FN6O2/c1-3-15-9-17-18(32-13-31-17)10-16(15)11-19-26-20-21(25)27-23(24)28-22(20)30(19)8-6-14-5-4-7-29(2)12-14/h1,9-10,14H,4-8,11-13H2,2H3,(H2,25,27,28). The van der Waals surface area contributed by atoms with Gasteiger partial charge in [0.25, 0.3) is 0 Å². The quantitative estimate of drug-likeness (QED) is 0.486. The number of benzene rings is 1. The van der Waals surface area contributed by atoms with Gasteiger partial charge < -0.3 is 24.7 Å². The first-order valence-corrected chi connectivity index (χ1v) is 10.8. The Balaban J connectivity index is 1.52. The predicted molar refractivity (Wildman–Crippen MR) is 118 cm³/mol. The Morgan fingerprint density at radius 3 is 2.84 bits per heavy atom. The molecule has 3 aromatic rings. The number of piperidine rings is 1. The van der Waals surface area contributed by atoms with Crippen molar-refractivity contribution < 1.29 is 13.9 Å². The van der Waals surface area contributed by atoms with E-state index >= 15 is 0 Å². The van der Waals surface area contributed by atoms with Crippen LogP contribution in [0.3, 0.4) is 0 Å². The third kappa shape index (κ3) is 3.82. The van der Waals surface area contributed by atoms with Gasteiger partial charge in [0, 0.05) is 31.1 Å². The highest BCUT2D eigenvalue weighted by atomic mass is 19.1. The van der Waals surface area contributed by atoms with E-state index in [1.807, 2.05) is 10.6 Å². The van der Waals surface area contributed by atoms with Crippen molar-refractivity contribution in [3.05, 3.63) is 35.2 Å². The van der Waals surface area contributed by atoms with Crippen LogP contribution in [0.5, 0.6) is 11.5 Å². The van der Waals surface area contributed by atoms with Crippen LogP contribution < -0.4 is 15.2 Å². The molecule has 166 valence electrons. The summed E-state index contributed by atoms with van der Waals surface area (Å²) in [5.74, 6) is 5.31. The number of halogens is 1. The van der Waals surface area contributed by atoms with Gasteiger partial charge in [-0.1, -0.05) is 5.92 Å². The van der Waals surface area contributed by atoms with Crippen LogP contribution in [-0.4, -0.2) is 51.3 Å². The summed E-state index contributed by atoms with van der Waals surface area (Å²) in [7, 11) is 2.15. The van der Waals surface area contributed by atoms with Crippen molar-refractivity contribution in [1.82, 2.24) is 24.4 Å². The number of terminal acetylenes is 1. The number of ether oxygens (including phenoxy) is 2. The molecule has 2 aliphatic heterocycles. The molecule has 2 N–H and O–H groups in total. The minimum Gasteiger partial charge on any atom is -0.454 e. The Kier molecular flexibility index (Phi) is 5.31. The van der Waals surface area contributed by atoms with E-state index in [1.165, 1.54) is 12.8 Å². The maximum Gasteiger partial charge on any atom is 0.312 e. The molecule has 1 unspecified atom stereocenters. The highest BCUT2D eigenvalue weighted by Gasteiger charge is 2.23. The van der Waals surface area contributed by atoms with Crippen LogP contribution in [0, 0.1) is 24.3 Å². The second kappa shape index (κ2) is 8.28. The first-order chi connectivity index (χ1) is 15.5. The van der Waals surface area contributed by atoms with Gasteiger partial charge in [0.2, 0.25) is 6.79 Å². The van der Waals surface area contributed by atoms with Crippen LogP contribution >= 0.6 is 0 Å². The number of hydrogen-bond donors (Lipinski definition) is 1. The van der Waals surface area contributed by atoms with E-state index in [4.69, 9.17) is 26.6 Å². The Labute approximate surface area is 185 Å². The Bertz CT molecular complexity index is 1220. The minimum atomic E-state index is -0.854. The van der Waals surface area contributed by atoms with Crippen molar-refractivity contribution in [2.75, 3.05) is 32.7 Å². The number of rotatable bonds is 5. The van der Waals surface area contributed by atoms with E-state index in [-0.39, 0.29) is 12.6 Å². The summed E-state index contributed by atoms with van der Waals surface area (Å²) in [5.41, 5.74) is 8.37. The van der Waals surface area contributed by atoms with Crippen molar-refractivity contribution in [2.45, 2.75) is 32.2 Å². The number of likely N-dealkylation sites (tertiary alicyclic amines) is 1. The molecule has 0 aliphatic carbocycles. The lowest BCUT2D eigenvalue weighted by atomic mass is 9.95. The molecule has 5 rings (SSSR count). The maximum absolute atomic E-state index is 14.0. The van der Waals surface area contributed by atoms with E-state index in [0.29, 0.717) is 52.9 Å². The molecule has 9 heteroatoms. The van der Waals surface area contributed by atoms with Crippen molar-refractivity contribution in [2.24, 2.45) is 5.92 Å². The number of nitrogens with zero attached hydrogens (tertiary/aromatic N) is 5. The van der Waals surface area contributed by atoms with Gasteiger partial charge in [-0.25, -0.2) is 4.98 Å². The number of hydrogen-bond acceptors (Lipinski definition) is 7. The molecule has 4 heterocycles. The van der Waals surface area contributed by atoms with Crippen LogP contribution in [0.1, 0.15) is 36.2 Å². The summed E-state index contributed by atoms with van der Waals surface area (Å²) in [4.78, 5) is 14.7. The molecular formula is C23H25FN6O2. The lowest BCUT2D eigenvalue weighted by molar-refractivity contribution is 0.174. The fraction of sp³-hybridized carbons (Fsp3) is 0.435. The molecule has 1 aromatic carbocycles. The van der Waals surface area contributed by atoms with Crippen LogP contribution in [0.4, 0.5) is 10.2 Å². The molecule has 1 fully saturated rings. The summed E-state index contributed by atoms with van der Waals surface area (Å²) < 4.78 is 26.9. The average Bonchev–Trinajstić information content (AvgIpc) is 3.36. The molecule has 0 spiro atoms. The number of imidazole rings is 1. The lowest BCUT2D eigenvalue weighted by Crippen LogP contribution is -2.32. The molecule has 32 heavy (non-hydrogen) atoms. The number of aromatic nitrogens is 4. The van der Waals surface area contributed by atoms with Crippen molar-refractivity contribution in [3.8, 4) is 23.8 Å². The second-order valence-corrected chi connectivity index (χ2v) is 8.47. The highest BCUT2D eigenvalue weighted by Crippen LogP contribution is 2.35. The normalized spacial score (nSPS) is 18.2. The van der Waals surface area contributed by atoms with Gasteiger partial charge in [0.15, 0.2) is 28.5 Å². The van der Waals surface area contributed by atoms with E-state index in [9.17, 15) is 4.39 Å². The topological polar surface area (TPSA) is 91.3 Å². The third-order valence-electron chi connectivity index (χ3n) is 6.26. The second-order valence-electron chi connectivity index (χ2n) is 8.47. The zero-order chi connectivity index (χ0) is 22.2. The van der Waals surface area contributed by atoms with Crippen molar-refractivity contribution >= 4 is 17.0 Å². The Morgan fingerprint density at radius 2 is 2.06 bits per heavy atom. The summed E-state index contributed by atoms with van der Waals surface area (Å²) >= 11 is 0. The van der Waals surface area contributed by atoms with Gasteiger partial charge >= 0.3 is 6.08 Å². The summed E-state index contributed by atoms with van der Waals surface area (Å²) in [5, 5.41) is 0. The van der Waals surface area contributed by atoms with E-state index < -0.39 is 6.08 Å². The van der Waals surface area contributed by atoms with Gasteiger partial charge in [0.05, 0.1) is 0 Å². The number of anilines is 1. The fourth-order valence-corrected chi connectivity index (χ4v) is 4.66. The molecule has 0 bridgehead atoms. The monoisotopic (exact) mass is 436 g/mol. The molecule has 0 amide bonds. The van der Waals surface area contributed by atoms with Crippen molar-refractivity contribution in [3.63, 3.8) is 0 Å². The summed E-state index contributed by atoms with van der Waals surface area (Å²) in [6.45, 7) is 3.01. The van der Waals surface area contributed by atoms with Crippen molar-refractivity contribution in [1.29, 1.82) is 0 Å². The minimum absolute atomic E-state index is 0.0350. The summed E-state index contributed by atoms with van der Waals surface area (Å²) in [6, 6.07) is 3.68. The predicted octanol–water partition coefficient (Wildman–Crippen LogP) is 2.58. The molecule has 2 aliphatic rings. The largest absolute Gasteiger partial charge is 0.454 e. The van der Waals surface area contributed by atoms with Crippen LogP contribution in [0.15, 0.2) is 12.1 Å². The third-order valence-corrected chi connectivity index (χ3v) is 6.26. The van der Waals surface area contributed by atoms with E-state index in [2.05, 4.69) is 27.8 Å². The molecule has 2 aromatic heterocycles. The first kappa shape index (κ1) is 20.5. The zero-order valence-electron chi connectivity index (χ0n) is 18.0. The zero-order valence-corrected chi connectivity index (χ0v) is 18.0. The average molecular weight is 436 g/mol. The highest BCUT2D eigenvalue weighted by molar-refractivity contribution is 5.82. The molecular weight excluding hydrogens is 411 g/mol. The van der Waals surface area contributed by atoms with Crippen LogP contribution in [0.25, 0.3) is 11.2 Å². The number of fused-ring (bicyclic) bond motifs is 2. The fourth-order valence-electron chi connectivity index (χ4n) is 4.66. The Hall–Kier alpha value is -3.38.